The number of aromatic nitrogens is 1. The lowest BCUT2D eigenvalue weighted by atomic mass is 10.2. The van der Waals surface area contributed by atoms with Crippen LogP contribution >= 0.6 is 12.2 Å². The zero-order valence-electron chi connectivity index (χ0n) is 10.8. The van der Waals surface area contributed by atoms with Crippen LogP contribution in [0.25, 0.3) is 0 Å². The second-order valence-corrected chi connectivity index (χ2v) is 4.92. The van der Waals surface area contributed by atoms with Crippen molar-refractivity contribution in [2.24, 2.45) is 5.73 Å². The maximum atomic E-state index is 5.59. The minimum atomic E-state index is 0.360. The molecule has 0 amide bonds. The lowest BCUT2D eigenvalue weighted by molar-refractivity contribution is 0.213. The van der Waals surface area contributed by atoms with Gasteiger partial charge in [-0.05, 0) is 44.5 Å². The van der Waals surface area contributed by atoms with E-state index in [4.69, 9.17) is 18.0 Å². The van der Waals surface area contributed by atoms with Crippen LogP contribution in [-0.2, 0) is 6.54 Å². The molecular weight excluding hydrogens is 230 g/mol. The molecule has 2 N–H and O–H groups in total. The fourth-order valence-corrected chi connectivity index (χ4v) is 1.86. The number of rotatable bonds is 6. The highest BCUT2D eigenvalue weighted by Gasteiger charge is 2.09. The van der Waals surface area contributed by atoms with Gasteiger partial charge in [-0.1, -0.05) is 19.1 Å². The van der Waals surface area contributed by atoms with Crippen LogP contribution in [0.2, 0.25) is 0 Å². The molecule has 1 rings (SSSR count). The van der Waals surface area contributed by atoms with Gasteiger partial charge >= 0.3 is 0 Å². The molecular formula is C13H21N3S. The molecule has 17 heavy (non-hydrogen) atoms. The van der Waals surface area contributed by atoms with Gasteiger partial charge in [-0.3, -0.25) is 9.88 Å². The number of nitrogens with zero attached hydrogens (tertiary/aromatic N) is 2. The van der Waals surface area contributed by atoms with E-state index in [1.54, 1.807) is 6.20 Å². The summed E-state index contributed by atoms with van der Waals surface area (Å²) in [7, 11) is 0. The fourth-order valence-electron chi connectivity index (χ4n) is 1.75. The number of thiocarbonyl (C=S) groups is 1. The molecule has 0 aromatic carbocycles. The number of nitrogens with two attached hydrogens (primary N) is 1. The average Bonchev–Trinajstić information content (AvgIpc) is 2.28. The Kier molecular flexibility index (Phi) is 5.51. The molecule has 0 aliphatic heterocycles. The molecule has 0 spiro atoms. The van der Waals surface area contributed by atoms with Gasteiger partial charge in [0, 0.05) is 18.8 Å². The van der Waals surface area contributed by atoms with E-state index in [9.17, 15) is 0 Å². The molecule has 0 saturated carbocycles. The summed E-state index contributed by atoms with van der Waals surface area (Å²) >= 11 is 4.94. The molecule has 0 aliphatic rings. The van der Waals surface area contributed by atoms with Crippen LogP contribution in [0.1, 0.15) is 38.4 Å². The summed E-state index contributed by atoms with van der Waals surface area (Å²) in [4.78, 5) is 6.94. The van der Waals surface area contributed by atoms with Crippen LogP contribution in [-0.4, -0.2) is 27.5 Å². The van der Waals surface area contributed by atoms with E-state index in [1.807, 2.05) is 12.1 Å². The van der Waals surface area contributed by atoms with Gasteiger partial charge in [-0.15, -0.1) is 0 Å². The van der Waals surface area contributed by atoms with Gasteiger partial charge in [0.1, 0.15) is 4.99 Å². The maximum absolute atomic E-state index is 5.59. The molecule has 0 radical (unpaired) electrons. The van der Waals surface area contributed by atoms with Crippen LogP contribution in [0.3, 0.4) is 0 Å². The Morgan fingerprint density at radius 2 is 2.24 bits per heavy atom. The van der Waals surface area contributed by atoms with Gasteiger partial charge in [0.2, 0.25) is 0 Å². The predicted molar refractivity (Wildman–Crippen MR) is 76.0 cm³/mol. The minimum Gasteiger partial charge on any atom is -0.388 e. The van der Waals surface area contributed by atoms with Gasteiger partial charge in [0.25, 0.3) is 0 Å². The summed E-state index contributed by atoms with van der Waals surface area (Å²) < 4.78 is 0. The first kappa shape index (κ1) is 14.1. The Morgan fingerprint density at radius 3 is 2.76 bits per heavy atom. The van der Waals surface area contributed by atoms with Gasteiger partial charge in [0.15, 0.2) is 0 Å². The zero-order valence-corrected chi connectivity index (χ0v) is 11.6. The highest BCUT2D eigenvalue weighted by Crippen LogP contribution is 2.09. The number of hydrogen-bond donors (Lipinski definition) is 1. The number of hydrogen-bond acceptors (Lipinski definition) is 3. The lowest BCUT2D eigenvalue weighted by Crippen LogP contribution is -2.31. The van der Waals surface area contributed by atoms with Crippen molar-refractivity contribution in [1.82, 2.24) is 9.88 Å². The van der Waals surface area contributed by atoms with E-state index in [0.29, 0.717) is 16.7 Å². The van der Waals surface area contributed by atoms with Crippen molar-refractivity contribution in [2.75, 3.05) is 6.54 Å². The molecule has 0 bridgehead atoms. The van der Waals surface area contributed by atoms with Crippen LogP contribution in [0.4, 0.5) is 0 Å². The molecule has 0 aliphatic carbocycles. The highest BCUT2D eigenvalue weighted by molar-refractivity contribution is 7.80. The third-order valence-corrected chi connectivity index (χ3v) is 2.91. The van der Waals surface area contributed by atoms with Crippen molar-refractivity contribution >= 4 is 17.2 Å². The van der Waals surface area contributed by atoms with E-state index >= 15 is 0 Å². The quantitative estimate of drug-likeness (QED) is 0.788. The summed E-state index contributed by atoms with van der Waals surface area (Å²) in [5.74, 6) is 0. The van der Waals surface area contributed by atoms with Crippen LogP contribution in [0.5, 0.6) is 0 Å². The molecule has 1 heterocycles. The smallest absolute Gasteiger partial charge is 0.122 e. The Labute approximate surface area is 109 Å². The Balaban J connectivity index is 2.78. The van der Waals surface area contributed by atoms with Gasteiger partial charge in [-0.25, -0.2) is 0 Å². The van der Waals surface area contributed by atoms with E-state index < -0.39 is 0 Å². The van der Waals surface area contributed by atoms with E-state index in [2.05, 4.69) is 30.7 Å². The summed E-state index contributed by atoms with van der Waals surface area (Å²) in [6.45, 7) is 8.64. The summed E-state index contributed by atoms with van der Waals surface area (Å²) in [5, 5.41) is 0. The molecule has 1 aromatic rings. The van der Waals surface area contributed by atoms with Crippen molar-refractivity contribution in [2.45, 2.75) is 39.8 Å². The van der Waals surface area contributed by atoms with Crippen LogP contribution in [0.15, 0.2) is 18.3 Å². The monoisotopic (exact) mass is 251 g/mol. The third kappa shape index (κ3) is 4.40. The van der Waals surface area contributed by atoms with E-state index in [1.165, 1.54) is 5.56 Å². The lowest BCUT2D eigenvalue weighted by Gasteiger charge is -2.26. The van der Waals surface area contributed by atoms with E-state index in [-0.39, 0.29) is 0 Å². The Bertz CT molecular complexity index is 377. The molecule has 94 valence electrons. The van der Waals surface area contributed by atoms with Crippen molar-refractivity contribution in [3.63, 3.8) is 0 Å². The van der Waals surface area contributed by atoms with Crippen LogP contribution < -0.4 is 5.73 Å². The summed E-state index contributed by atoms with van der Waals surface area (Å²) in [5.41, 5.74) is 7.51. The largest absolute Gasteiger partial charge is 0.388 e. The Hall–Kier alpha value is -1.00. The predicted octanol–water partition coefficient (Wildman–Crippen LogP) is 2.34. The average molecular weight is 251 g/mol. The topological polar surface area (TPSA) is 42.2 Å². The maximum Gasteiger partial charge on any atom is 0.122 e. The first-order chi connectivity index (χ1) is 8.04. The van der Waals surface area contributed by atoms with Gasteiger partial charge < -0.3 is 5.73 Å². The third-order valence-electron chi connectivity index (χ3n) is 2.70. The van der Waals surface area contributed by atoms with E-state index in [0.717, 1.165) is 19.5 Å². The highest BCUT2D eigenvalue weighted by atomic mass is 32.1. The molecule has 0 unspecified atom stereocenters. The fraction of sp³-hybridized carbons (Fsp3) is 0.538. The molecule has 3 nitrogen and oxygen atoms in total. The normalized spacial score (nSPS) is 11.1. The Morgan fingerprint density at radius 1 is 1.53 bits per heavy atom. The summed E-state index contributed by atoms with van der Waals surface area (Å²) in [6, 6.07) is 4.54. The van der Waals surface area contributed by atoms with Gasteiger partial charge in [-0.2, -0.15) is 0 Å². The first-order valence-electron chi connectivity index (χ1n) is 6.03. The molecule has 0 saturated heterocycles. The molecule has 1 aromatic heterocycles. The van der Waals surface area contributed by atoms with Crippen molar-refractivity contribution in [3.8, 4) is 0 Å². The van der Waals surface area contributed by atoms with Crippen molar-refractivity contribution in [3.05, 3.63) is 29.6 Å². The zero-order chi connectivity index (χ0) is 12.8. The van der Waals surface area contributed by atoms with Crippen molar-refractivity contribution in [1.29, 1.82) is 0 Å². The second kappa shape index (κ2) is 6.67. The van der Waals surface area contributed by atoms with Crippen molar-refractivity contribution < 1.29 is 0 Å². The second-order valence-electron chi connectivity index (χ2n) is 4.48. The molecule has 0 fully saturated rings. The SMILES string of the molecule is CCCN(Cc1ccnc(C(N)=S)c1)C(C)C. The summed E-state index contributed by atoms with van der Waals surface area (Å²) in [6.07, 6.45) is 2.93. The standard InChI is InChI=1S/C13H21N3S/c1-4-7-16(10(2)3)9-11-5-6-15-12(8-11)13(14)17/h5-6,8,10H,4,7,9H2,1-3H3,(H2,14,17). The minimum absolute atomic E-state index is 0.360. The molecule has 4 heteroatoms. The van der Waals surface area contributed by atoms with Gasteiger partial charge in [0.05, 0.1) is 5.69 Å². The number of pyridine rings is 1. The van der Waals surface area contributed by atoms with Crippen LogP contribution in [0, 0.1) is 0 Å². The molecule has 0 atom stereocenters. The first-order valence-corrected chi connectivity index (χ1v) is 6.44.